The van der Waals surface area contributed by atoms with Crippen LogP contribution in [0.1, 0.15) is 18.9 Å². The van der Waals surface area contributed by atoms with E-state index in [2.05, 4.69) is 16.9 Å². The van der Waals surface area contributed by atoms with Crippen molar-refractivity contribution in [3.63, 3.8) is 0 Å². The number of hydrogen-bond acceptors (Lipinski definition) is 3. The van der Waals surface area contributed by atoms with Gasteiger partial charge in [0.25, 0.3) is 6.43 Å². The lowest BCUT2D eigenvalue weighted by Crippen LogP contribution is -1.95. The summed E-state index contributed by atoms with van der Waals surface area (Å²) >= 11 is 1.73. The number of alkyl halides is 2. The third-order valence-corrected chi connectivity index (χ3v) is 4.37. The molecule has 0 aliphatic rings. The van der Waals surface area contributed by atoms with Crippen molar-refractivity contribution in [3.05, 3.63) is 42.1 Å². The van der Waals surface area contributed by atoms with E-state index in [4.69, 9.17) is 0 Å². The molecule has 0 bridgehead atoms. The lowest BCUT2D eigenvalue weighted by Gasteiger charge is -2.07. The highest BCUT2D eigenvalue weighted by Gasteiger charge is 2.16. The van der Waals surface area contributed by atoms with Crippen molar-refractivity contribution < 1.29 is 8.78 Å². The SMILES string of the molecule is CCSc1ccccc1-c1nc2cc(C(F)F)cnc2n1C. The van der Waals surface area contributed by atoms with Crippen LogP contribution >= 0.6 is 11.8 Å². The van der Waals surface area contributed by atoms with Crippen LogP contribution in [0.4, 0.5) is 8.78 Å². The number of aryl methyl sites for hydroxylation is 1. The van der Waals surface area contributed by atoms with Gasteiger partial charge in [-0.1, -0.05) is 25.1 Å². The predicted octanol–water partition coefficient (Wildman–Crippen LogP) is 4.68. The van der Waals surface area contributed by atoms with Crippen LogP contribution in [0.3, 0.4) is 0 Å². The fourth-order valence-corrected chi connectivity index (χ4v) is 3.19. The van der Waals surface area contributed by atoms with Gasteiger partial charge in [-0.05, 0) is 17.9 Å². The average Bonchev–Trinajstić information content (AvgIpc) is 2.84. The molecule has 0 aliphatic heterocycles. The van der Waals surface area contributed by atoms with Crippen LogP contribution < -0.4 is 0 Å². The first kappa shape index (κ1) is 15.0. The molecule has 0 aliphatic carbocycles. The zero-order valence-electron chi connectivity index (χ0n) is 12.3. The molecule has 6 heteroatoms. The quantitative estimate of drug-likeness (QED) is 0.654. The average molecular weight is 319 g/mol. The lowest BCUT2D eigenvalue weighted by molar-refractivity contribution is 0.151. The molecule has 0 saturated heterocycles. The van der Waals surface area contributed by atoms with Crippen molar-refractivity contribution in [2.45, 2.75) is 18.2 Å². The van der Waals surface area contributed by atoms with Crippen LogP contribution in [0.5, 0.6) is 0 Å². The van der Waals surface area contributed by atoms with E-state index in [0.717, 1.165) is 22.0 Å². The normalized spacial score (nSPS) is 11.5. The molecule has 0 N–H and O–H groups in total. The van der Waals surface area contributed by atoms with Gasteiger partial charge < -0.3 is 4.57 Å². The van der Waals surface area contributed by atoms with Gasteiger partial charge >= 0.3 is 0 Å². The van der Waals surface area contributed by atoms with E-state index < -0.39 is 6.43 Å². The summed E-state index contributed by atoms with van der Waals surface area (Å²) in [4.78, 5) is 9.78. The molecule has 3 rings (SSSR count). The maximum absolute atomic E-state index is 12.8. The van der Waals surface area contributed by atoms with Gasteiger partial charge in [-0.15, -0.1) is 11.8 Å². The molecule has 0 amide bonds. The Balaban J connectivity index is 2.17. The maximum Gasteiger partial charge on any atom is 0.265 e. The number of hydrogen-bond donors (Lipinski definition) is 0. The maximum atomic E-state index is 12.8. The van der Waals surface area contributed by atoms with Crippen molar-refractivity contribution in [2.24, 2.45) is 7.05 Å². The molecule has 0 spiro atoms. The van der Waals surface area contributed by atoms with E-state index in [1.807, 2.05) is 35.9 Å². The Bertz CT molecular complexity index is 814. The monoisotopic (exact) mass is 319 g/mol. The zero-order valence-corrected chi connectivity index (χ0v) is 13.1. The molecule has 0 saturated carbocycles. The van der Waals surface area contributed by atoms with Gasteiger partial charge in [-0.25, -0.2) is 18.7 Å². The largest absolute Gasteiger partial charge is 0.312 e. The standard InChI is InChI=1S/C16H15F2N3S/c1-3-22-13-7-5-4-6-11(13)15-20-12-8-10(14(17)18)9-19-16(12)21(15)2/h4-9,14H,3H2,1-2H3. The van der Waals surface area contributed by atoms with E-state index in [1.54, 1.807) is 11.8 Å². The number of imidazole rings is 1. The summed E-state index contributed by atoms with van der Waals surface area (Å²) in [6.45, 7) is 2.09. The second-order valence-corrected chi connectivity index (χ2v) is 6.14. The second kappa shape index (κ2) is 6.04. The predicted molar refractivity (Wildman–Crippen MR) is 85.3 cm³/mol. The van der Waals surface area contributed by atoms with Gasteiger partial charge in [0.1, 0.15) is 11.3 Å². The van der Waals surface area contributed by atoms with Crippen molar-refractivity contribution >= 4 is 22.9 Å². The zero-order chi connectivity index (χ0) is 15.7. The van der Waals surface area contributed by atoms with Crippen LogP contribution in [0, 0.1) is 0 Å². The van der Waals surface area contributed by atoms with Gasteiger partial charge in [0.2, 0.25) is 0 Å². The van der Waals surface area contributed by atoms with E-state index in [0.29, 0.717) is 11.2 Å². The van der Waals surface area contributed by atoms with Crippen molar-refractivity contribution in [1.29, 1.82) is 0 Å². The molecule has 3 aromatic rings. The first-order valence-corrected chi connectivity index (χ1v) is 7.93. The first-order chi connectivity index (χ1) is 10.6. The summed E-state index contributed by atoms with van der Waals surface area (Å²) < 4.78 is 27.5. The molecule has 0 radical (unpaired) electrons. The summed E-state index contributed by atoms with van der Waals surface area (Å²) in [7, 11) is 1.85. The Morgan fingerprint density at radius 3 is 2.77 bits per heavy atom. The molecule has 3 nitrogen and oxygen atoms in total. The van der Waals surface area contributed by atoms with Gasteiger partial charge in [0.05, 0.1) is 0 Å². The second-order valence-electron chi connectivity index (χ2n) is 4.84. The summed E-state index contributed by atoms with van der Waals surface area (Å²) in [5.41, 5.74) is 1.99. The van der Waals surface area contributed by atoms with Gasteiger partial charge in [-0.2, -0.15) is 0 Å². The molecule has 22 heavy (non-hydrogen) atoms. The van der Waals surface area contributed by atoms with Crippen LogP contribution in [-0.2, 0) is 7.05 Å². The fourth-order valence-electron chi connectivity index (χ4n) is 2.38. The molecule has 0 unspecified atom stereocenters. The minimum absolute atomic E-state index is 0.103. The van der Waals surface area contributed by atoms with Crippen LogP contribution in [0.15, 0.2) is 41.4 Å². The highest BCUT2D eigenvalue weighted by Crippen LogP contribution is 2.32. The van der Waals surface area contributed by atoms with Crippen LogP contribution in [-0.4, -0.2) is 20.3 Å². The Labute approximate surface area is 131 Å². The smallest absolute Gasteiger partial charge is 0.265 e. The summed E-state index contributed by atoms with van der Waals surface area (Å²) in [6.07, 6.45) is -1.32. The van der Waals surface area contributed by atoms with E-state index in [9.17, 15) is 8.78 Å². The molecule has 2 heterocycles. The van der Waals surface area contributed by atoms with E-state index >= 15 is 0 Å². The number of thioether (sulfide) groups is 1. The molecule has 0 atom stereocenters. The number of rotatable bonds is 4. The van der Waals surface area contributed by atoms with Gasteiger partial charge in [0.15, 0.2) is 5.65 Å². The number of aromatic nitrogens is 3. The molecular formula is C16H15F2N3S. The van der Waals surface area contributed by atoms with Crippen molar-refractivity contribution in [3.8, 4) is 11.4 Å². The fraction of sp³-hybridized carbons (Fsp3) is 0.250. The highest BCUT2D eigenvalue weighted by atomic mass is 32.2. The lowest BCUT2D eigenvalue weighted by atomic mass is 10.2. The highest BCUT2D eigenvalue weighted by molar-refractivity contribution is 7.99. The summed E-state index contributed by atoms with van der Waals surface area (Å²) in [5, 5.41) is 0. The Morgan fingerprint density at radius 2 is 2.05 bits per heavy atom. The van der Waals surface area contributed by atoms with E-state index in [1.165, 1.54) is 12.3 Å². The number of pyridine rings is 1. The summed E-state index contributed by atoms with van der Waals surface area (Å²) in [6, 6.07) is 9.38. The van der Waals surface area contributed by atoms with Gasteiger partial charge in [-0.3, -0.25) is 0 Å². The minimum atomic E-state index is -2.54. The minimum Gasteiger partial charge on any atom is -0.312 e. The summed E-state index contributed by atoms with van der Waals surface area (Å²) in [5.74, 6) is 1.69. The molecule has 114 valence electrons. The number of benzene rings is 1. The number of fused-ring (bicyclic) bond motifs is 1. The third kappa shape index (κ3) is 2.59. The number of nitrogens with zero attached hydrogens (tertiary/aromatic N) is 3. The Morgan fingerprint density at radius 1 is 1.27 bits per heavy atom. The molecular weight excluding hydrogens is 304 g/mol. The van der Waals surface area contributed by atoms with Gasteiger partial charge in [0, 0.05) is 29.3 Å². The van der Waals surface area contributed by atoms with Crippen LogP contribution in [0.25, 0.3) is 22.6 Å². The number of halogens is 2. The Kier molecular flexibility index (Phi) is 4.11. The third-order valence-electron chi connectivity index (χ3n) is 3.41. The van der Waals surface area contributed by atoms with Crippen LogP contribution in [0.2, 0.25) is 0 Å². The van der Waals surface area contributed by atoms with E-state index in [-0.39, 0.29) is 5.56 Å². The van der Waals surface area contributed by atoms with Crippen molar-refractivity contribution in [1.82, 2.24) is 14.5 Å². The topological polar surface area (TPSA) is 30.7 Å². The first-order valence-electron chi connectivity index (χ1n) is 6.94. The molecule has 1 aromatic carbocycles. The molecule has 2 aromatic heterocycles. The van der Waals surface area contributed by atoms with Crippen molar-refractivity contribution in [2.75, 3.05) is 5.75 Å². The molecule has 0 fully saturated rings. The Hall–Kier alpha value is -1.95.